The molecule has 0 spiro atoms. The van der Waals surface area contributed by atoms with Crippen molar-refractivity contribution >= 4 is 24.5 Å². The van der Waals surface area contributed by atoms with Crippen LogP contribution in [0.2, 0.25) is 0 Å². The number of carbonyl (C=O) groups is 2. The molecule has 0 aliphatic carbocycles. The molecule has 5 heteroatoms. The number of carbonyl (C=O) groups excluding carboxylic acids is 1. The van der Waals surface area contributed by atoms with E-state index in [1.165, 1.54) is 0 Å². The molecule has 0 rings (SSSR count). The van der Waals surface area contributed by atoms with Gasteiger partial charge >= 0.3 is 5.97 Å². The lowest BCUT2D eigenvalue weighted by Crippen LogP contribution is -2.26. The van der Waals surface area contributed by atoms with Crippen LogP contribution in [0.25, 0.3) is 0 Å². The Kier molecular flexibility index (Phi) is 4.74. The number of carboxylic acid groups (broad SMARTS) is 1. The maximum Gasteiger partial charge on any atom is 0.305 e. The molecule has 0 saturated heterocycles. The van der Waals surface area contributed by atoms with Gasteiger partial charge in [0.25, 0.3) is 0 Å². The number of rotatable bonds is 4. The molecule has 0 heterocycles. The number of aliphatic carboxylic acids is 1. The Labute approximate surface area is 64.0 Å². The highest BCUT2D eigenvalue weighted by Crippen LogP contribution is 1.77. The molecule has 4 nitrogen and oxygen atoms in total. The van der Waals surface area contributed by atoms with Gasteiger partial charge in [-0.15, -0.1) is 0 Å². The van der Waals surface area contributed by atoms with Crippen molar-refractivity contribution in [1.29, 1.82) is 0 Å². The maximum atomic E-state index is 10.4. The molecule has 0 aromatic carbocycles. The van der Waals surface area contributed by atoms with E-state index in [4.69, 9.17) is 5.11 Å². The molecule has 2 N–H and O–H groups in total. The van der Waals surface area contributed by atoms with Gasteiger partial charge in [-0.25, -0.2) is 0 Å². The summed E-state index contributed by atoms with van der Waals surface area (Å²) in [6.07, 6.45) is -0.0421. The van der Waals surface area contributed by atoms with Crippen molar-refractivity contribution in [2.24, 2.45) is 0 Å². The van der Waals surface area contributed by atoms with Crippen LogP contribution >= 0.6 is 12.6 Å². The molecule has 10 heavy (non-hydrogen) atoms. The molecule has 0 aliphatic rings. The van der Waals surface area contributed by atoms with E-state index < -0.39 is 5.97 Å². The first-order chi connectivity index (χ1) is 4.66. The quantitative estimate of drug-likeness (QED) is 0.490. The van der Waals surface area contributed by atoms with Gasteiger partial charge in [0.2, 0.25) is 5.91 Å². The smallest absolute Gasteiger partial charge is 0.305 e. The fraction of sp³-hybridized carbons (Fsp3) is 0.600. The van der Waals surface area contributed by atoms with Gasteiger partial charge in [-0.3, -0.25) is 9.59 Å². The van der Waals surface area contributed by atoms with Crippen LogP contribution in [0.1, 0.15) is 6.42 Å². The standard InChI is InChI=1S/C5H9NO3S/c7-4(3-10)6-2-1-5(8)9/h10H,1-3H2,(H,6,7)(H,8,9). The van der Waals surface area contributed by atoms with Crippen molar-refractivity contribution in [3.8, 4) is 0 Å². The third-order valence-electron chi connectivity index (χ3n) is 0.805. The molecule has 0 fully saturated rings. The Morgan fingerprint density at radius 1 is 1.50 bits per heavy atom. The highest BCUT2D eigenvalue weighted by molar-refractivity contribution is 7.81. The third kappa shape index (κ3) is 5.43. The number of carboxylic acids is 1. The van der Waals surface area contributed by atoms with Gasteiger partial charge in [-0.1, -0.05) is 0 Å². The SMILES string of the molecule is O=C(O)CCNC(=O)CS. The zero-order chi connectivity index (χ0) is 7.98. The van der Waals surface area contributed by atoms with Gasteiger partial charge < -0.3 is 10.4 Å². The van der Waals surface area contributed by atoms with E-state index in [0.29, 0.717) is 0 Å². The Morgan fingerprint density at radius 2 is 2.10 bits per heavy atom. The Bertz CT molecular complexity index is 137. The van der Waals surface area contributed by atoms with Crippen molar-refractivity contribution in [2.45, 2.75) is 6.42 Å². The lowest BCUT2D eigenvalue weighted by molar-refractivity contribution is -0.136. The van der Waals surface area contributed by atoms with E-state index in [2.05, 4.69) is 17.9 Å². The van der Waals surface area contributed by atoms with Crippen molar-refractivity contribution in [2.75, 3.05) is 12.3 Å². The summed E-state index contributed by atoms with van der Waals surface area (Å²) in [5.74, 6) is -1.07. The van der Waals surface area contributed by atoms with Crippen LogP contribution in [0.15, 0.2) is 0 Å². The molecule has 1 amide bonds. The zero-order valence-electron chi connectivity index (χ0n) is 5.33. The minimum Gasteiger partial charge on any atom is -0.481 e. The van der Waals surface area contributed by atoms with Crippen molar-refractivity contribution in [3.05, 3.63) is 0 Å². The summed E-state index contributed by atoms with van der Waals surface area (Å²) in [4.78, 5) is 20.3. The van der Waals surface area contributed by atoms with Crippen molar-refractivity contribution in [1.82, 2.24) is 5.32 Å². The molecule has 0 radical (unpaired) electrons. The van der Waals surface area contributed by atoms with Crippen molar-refractivity contribution in [3.63, 3.8) is 0 Å². The first-order valence-electron chi connectivity index (χ1n) is 2.76. The predicted molar refractivity (Wildman–Crippen MR) is 39.1 cm³/mol. The summed E-state index contributed by atoms with van der Waals surface area (Å²) in [5, 5.41) is 10.5. The average molecular weight is 163 g/mol. The Morgan fingerprint density at radius 3 is 2.50 bits per heavy atom. The van der Waals surface area contributed by atoms with Crippen LogP contribution in [0.4, 0.5) is 0 Å². The van der Waals surface area contributed by atoms with Crippen LogP contribution in [-0.2, 0) is 9.59 Å². The van der Waals surface area contributed by atoms with Gasteiger partial charge in [0.05, 0.1) is 12.2 Å². The number of nitrogens with one attached hydrogen (secondary N) is 1. The highest BCUT2D eigenvalue weighted by atomic mass is 32.1. The van der Waals surface area contributed by atoms with Gasteiger partial charge in [0, 0.05) is 6.54 Å². The fourth-order valence-electron chi connectivity index (χ4n) is 0.365. The highest BCUT2D eigenvalue weighted by Gasteiger charge is 1.98. The number of amides is 1. The number of hydrogen-bond donors (Lipinski definition) is 3. The van der Waals surface area contributed by atoms with E-state index in [1.807, 2.05) is 0 Å². The molecule has 0 aliphatic heterocycles. The van der Waals surface area contributed by atoms with E-state index in [-0.39, 0.29) is 24.6 Å². The largest absolute Gasteiger partial charge is 0.481 e. The summed E-state index contributed by atoms with van der Waals surface area (Å²) in [6.45, 7) is 0.175. The summed E-state index contributed by atoms with van der Waals surface area (Å²) >= 11 is 3.68. The second-order valence-corrected chi connectivity index (χ2v) is 1.97. The normalized spacial score (nSPS) is 8.90. The molecule has 0 unspecified atom stereocenters. The molecular weight excluding hydrogens is 154 g/mol. The first-order valence-corrected chi connectivity index (χ1v) is 3.39. The summed E-state index contributed by atoms with van der Waals surface area (Å²) in [5.41, 5.74) is 0. The van der Waals surface area contributed by atoms with Gasteiger partial charge in [-0.05, 0) is 0 Å². The van der Waals surface area contributed by atoms with Crippen LogP contribution < -0.4 is 5.32 Å². The molecule has 0 saturated carbocycles. The predicted octanol–water partition coefficient (Wildman–Crippen LogP) is -0.493. The second kappa shape index (κ2) is 5.10. The molecule has 0 atom stereocenters. The lowest BCUT2D eigenvalue weighted by atomic mass is 10.4. The molecule has 0 aromatic rings. The van der Waals surface area contributed by atoms with Crippen LogP contribution in [0.5, 0.6) is 0 Å². The van der Waals surface area contributed by atoms with E-state index in [9.17, 15) is 9.59 Å². The van der Waals surface area contributed by atoms with Crippen LogP contribution in [-0.4, -0.2) is 29.3 Å². The molecular formula is C5H9NO3S. The molecule has 0 aromatic heterocycles. The Balaban J connectivity index is 3.20. The monoisotopic (exact) mass is 163 g/mol. The number of thiol groups is 1. The third-order valence-corrected chi connectivity index (χ3v) is 1.09. The van der Waals surface area contributed by atoms with E-state index in [1.54, 1.807) is 0 Å². The van der Waals surface area contributed by atoms with E-state index in [0.717, 1.165) is 0 Å². The van der Waals surface area contributed by atoms with Crippen LogP contribution in [0, 0.1) is 0 Å². The average Bonchev–Trinajstić information content (AvgIpc) is 1.87. The van der Waals surface area contributed by atoms with Gasteiger partial charge in [-0.2, -0.15) is 12.6 Å². The zero-order valence-corrected chi connectivity index (χ0v) is 6.23. The van der Waals surface area contributed by atoms with Crippen molar-refractivity contribution < 1.29 is 14.7 Å². The number of hydrogen-bond acceptors (Lipinski definition) is 3. The fourth-order valence-corrected chi connectivity index (χ4v) is 0.477. The minimum atomic E-state index is -0.917. The molecule has 58 valence electrons. The van der Waals surface area contributed by atoms with Gasteiger partial charge in [0.1, 0.15) is 0 Å². The maximum absolute atomic E-state index is 10.4. The van der Waals surface area contributed by atoms with Gasteiger partial charge in [0.15, 0.2) is 0 Å². The Hall–Kier alpha value is -0.710. The second-order valence-electron chi connectivity index (χ2n) is 1.65. The van der Waals surface area contributed by atoms with Crippen LogP contribution in [0.3, 0.4) is 0 Å². The first kappa shape index (κ1) is 9.29. The summed E-state index contributed by atoms with van der Waals surface area (Å²) < 4.78 is 0. The lowest BCUT2D eigenvalue weighted by Gasteiger charge is -1.98. The topological polar surface area (TPSA) is 66.4 Å². The van der Waals surface area contributed by atoms with E-state index >= 15 is 0 Å². The summed E-state index contributed by atoms with van der Waals surface area (Å²) in [6, 6.07) is 0. The summed E-state index contributed by atoms with van der Waals surface area (Å²) in [7, 11) is 0. The molecule has 0 bridgehead atoms. The minimum absolute atomic E-state index is 0.0421.